The van der Waals surface area contributed by atoms with Crippen molar-refractivity contribution in [3.63, 3.8) is 0 Å². The van der Waals surface area contributed by atoms with Crippen molar-refractivity contribution < 1.29 is 9.53 Å². The molecule has 0 aromatic rings. The maximum atomic E-state index is 11.4. The van der Waals surface area contributed by atoms with Gasteiger partial charge in [-0.3, -0.25) is 9.69 Å². The van der Waals surface area contributed by atoms with Crippen molar-refractivity contribution in [2.75, 3.05) is 39.8 Å². The summed E-state index contributed by atoms with van der Waals surface area (Å²) in [6, 6.07) is 0. The summed E-state index contributed by atoms with van der Waals surface area (Å²) in [4.78, 5) is 13.3. The van der Waals surface area contributed by atoms with E-state index in [9.17, 15) is 4.79 Å². The Morgan fingerprint density at radius 2 is 2.47 bits per heavy atom. The van der Waals surface area contributed by atoms with Crippen LogP contribution >= 0.6 is 0 Å². The van der Waals surface area contributed by atoms with Crippen molar-refractivity contribution in [2.24, 2.45) is 5.73 Å². The molecular weight excluding hydrogens is 194 g/mol. The van der Waals surface area contributed by atoms with Crippen LogP contribution in [0.5, 0.6) is 0 Å². The second-order valence-corrected chi connectivity index (χ2v) is 3.97. The Labute approximate surface area is 90.9 Å². The van der Waals surface area contributed by atoms with Crippen molar-refractivity contribution in [3.05, 3.63) is 0 Å². The Kier molecular flexibility index (Phi) is 5.60. The molecular formula is C10H21N3O2. The summed E-state index contributed by atoms with van der Waals surface area (Å²) in [5.41, 5.74) is 5.39. The number of hydrogen-bond donors (Lipinski definition) is 2. The van der Waals surface area contributed by atoms with Gasteiger partial charge in [-0.2, -0.15) is 0 Å². The van der Waals surface area contributed by atoms with Crippen molar-refractivity contribution in [1.82, 2.24) is 10.2 Å². The molecule has 3 N–H and O–H groups in total. The fraction of sp³-hybridized carbons (Fsp3) is 0.900. The van der Waals surface area contributed by atoms with Crippen LogP contribution in [0.15, 0.2) is 0 Å². The Bertz CT molecular complexity index is 193. The first-order valence-corrected chi connectivity index (χ1v) is 5.49. The van der Waals surface area contributed by atoms with E-state index >= 15 is 0 Å². The molecule has 1 atom stereocenters. The molecule has 0 bridgehead atoms. The third-order valence-electron chi connectivity index (χ3n) is 2.48. The third kappa shape index (κ3) is 5.11. The average Bonchev–Trinajstić information content (AvgIpc) is 2.67. The van der Waals surface area contributed by atoms with Crippen molar-refractivity contribution in [1.29, 1.82) is 0 Å². The van der Waals surface area contributed by atoms with E-state index < -0.39 is 0 Å². The summed E-state index contributed by atoms with van der Waals surface area (Å²) < 4.78 is 5.41. The van der Waals surface area contributed by atoms with E-state index in [-0.39, 0.29) is 12.0 Å². The van der Waals surface area contributed by atoms with Gasteiger partial charge in [-0.15, -0.1) is 0 Å². The van der Waals surface area contributed by atoms with Gasteiger partial charge in [0, 0.05) is 26.2 Å². The molecule has 1 aliphatic heterocycles. The SMILES string of the molecule is CN(CCN)CC(=O)NCC1CCCO1. The van der Waals surface area contributed by atoms with Crippen LogP contribution in [0, 0.1) is 0 Å². The summed E-state index contributed by atoms with van der Waals surface area (Å²) >= 11 is 0. The smallest absolute Gasteiger partial charge is 0.234 e. The van der Waals surface area contributed by atoms with Gasteiger partial charge >= 0.3 is 0 Å². The van der Waals surface area contributed by atoms with Gasteiger partial charge in [-0.25, -0.2) is 0 Å². The topological polar surface area (TPSA) is 67.6 Å². The fourth-order valence-corrected chi connectivity index (χ4v) is 1.63. The zero-order valence-electron chi connectivity index (χ0n) is 9.37. The van der Waals surface area contributed by atoms with Crippen molar-refractivity contribution >= 4 is 5.91 Å². The van der Waals surface area contributed by atoms with Crippen LogP contribution in [0.3, 0.4) is 0 Å². The molecule has 1 unspecified atom stereocenters. The number of likely N-dealkylation sites (N-methyl/N-ethyl adjacent to an activating group) is 1. The first-order chi connectivity index (χ1) is 7.22. The van der Waals surface area contributed by atoms with Crippen LogP contribution in [-0.4, -0.2) is 56.7 Å². The van der Waals surface area contributed by atoms with E-state index in [1.807, 2.05) is 11.9 Å². The Morgan fingerprint density at radius 3 is 3.07 bits per heavy atom. The zero-order valence-corrected chi connectivity index (χ0v) is 9.37. The van der Waals surface area contributed by atoms with Crippen LogP contribution in [0.1, 0.15) is 12.8 Å². The minimum absolute atomic E-state index is 0.0430. The standard InChI is InChI=1S/C10H21N3O2/c1-13(5-4-11)8-10(14)12-7-9-3-2-6-15-9/h9H,2-8,11H2,1H3,(H,12,14). The molecule has 1 rings (SSSR count). The number of ether oxygens (including phenoxy) is 1. The molecule has 0 aromatic heterocycles. The van der Waals surface area contributed by atoms with Crippen LogP contribution < -0.4 is 11.1 Å². The molecule has 1 aliphatic rings. The lowest BCUT2D eigenvalue weighted by atomic mass is 10.2. The Balaban J connectivity index is 2.07. The largest absolute Gasteiger partial charge is 0.376 e. The van der Waals surface area contributed by atoms with E-state index in [4.69, 9.17) is 10.5 Å². The van der Waals surface area contributed by atoms with Gasteiger partial charge in [0.2, 0.25) is 5.91 Å². The number of carbonyl (C=O) groups is 1. The van der Waals surface area contributed by atoms with Gasteiger partial charge in [0.05, 0.1) is 12.6 Å². The predicted octanol–water partition coefficient (Wildman–Crippen LogP) is -0.828. The maximum Gasteiger partial charge on any atom is 0.234 e. The van der Waals surface area contributed by atoms with Gasteiger partial charge in [-0.05, 0) is 19.9 Å². The van der Waals surface area contributed by atoms with E-state index in [1.165, 1.54) is 0 Å². The lowest BCUT2D eigenvalue weighted by Crippen LogP contribution is -2.40. The summed E-state index contributed by atoms with van der Waals surface area (Å²) in [6.07, 6.45) is 2.38. The minimum Gasteiger partial charge on any atom is -0.376 e. The first-order valence-electron chi connectivity index (χ1n) is 5.49. The first kappa shape index (κ1) is 12.4. The number of nitrogens with two attached hydrogens (primary N) is 1. The zero-order chi connectivity index (χ0) is 11.1. The summed E-state index contributed by atoms with van der Waals surface area (Å²) in [7, 11) is 1.89. The molecule has 5 heteroatoms. The highest BCUT2D eigenvalue weighted by Gasteiger charge is 2.16. The second kappa shape index (κ2) is 6.76. The number of amides is 1. The molecule has 1 amide bonds. The molecule has 0 aliphatic carbocycles. The normalized spacial score (nSPS) is 20.9. The molecule has 15 heavy (non-hydrogen) atoms. The Hall–Kier alpha value is -0.650. The molecule has 5 nitrogen and oxygen atoms in total. The molecule has 1 fully saturated rings. The van der Waals surface area contributed by atoms with E-state index in [0.717, 1.165) is 26.0 Å². The highest BCUT2D eigenvalue weighted by molar-refractivity contribution is 5.77. The number of nitrogens with zero attached hydrogens (tertiary/aromatic N) is 1. The van der Waals surface area contributed by atoms with E-state index in [0.29, 0.717) is 19.6 Å². The van der Waals surface area contributed by atoms with Crippen molar-refractivity contribution in [2.45, 2.75) is 18.9 Å². The second-order valence-electron chi connectivity index (χ2n) is 3.97. The molecule has 1 heterocycles. The lowest BCUT2D eigenvalue weighted by Gasteiger charge is -2.16. The van der Waals surface area contributed by atoms with E-state index in [2.05, 4.69) is 5.32 Å². The Morgan fingerprint density at radius 1 is 1.67 bits per heavy atom. The van der Waals surface area contributed by atoms with Gasteiger partial charge < -0.3 is 15.8 Å². The number of hydrogen-bond acceptors (Lipinski definition) is 4. The fourth-order valence-electron chi connectivity index (χ4n) is 1.63. The highest BCUT2D eigenvalue weighted by atomic mass is 16.5. The van der Waals surface area contributed by atoms with Crippen LogP contribution in [-0.2, 0) is 9.53 Å². The predicted molar refractivity (Wildman–Crippen MR) is 58.5 cm³/mol. The molecule has 88 valence electrons. The van der Waals surface area contributed by atoms with Gasteiger partial charge in [-0.1, -0.05) is 0 Å². The van der Waals surface area contributed by atoms with Gasteiger partial charge in [0.15, 0.2) is 0 Å². The lowest BCUT2D eigenvalue weighted by molar-refractivity contribution is -0.122. The van der Waals surface area contributed by atoms with E-state index in [1.54, 1.807) is 0 Å². The monoisotopic (exact) mass is 215 g/mol. The number of nitrogens with one attached hydrogen (secondary N) is 1. The van der Waals surface area contributed by atoms with Gasteiger partial charge in [0.25, 0.3) is 0 Å². The summed E-state index contributed by atoms with van der Waals surface area (Å²) in [5, 5.41) is 2.87. The maximum absolute atomic E-state index is 11.4. The van der Waals surface area contributed by atoms with Crippen LogP contribution in [0.25, 0.3) is 0 Å². The summed E-state index contributed by atoms with van der Waals surface area (Å²) in [5.74, 6) is 0.0430. The third-order valence-corrected chi connectivity index (χ3v) is 2.48. The van der Waals surface area contributed by atoms with Crippen molar-refractivity contribution in [3.8, 4) is 0 Å². The average molecular weight is 215 g/mol. The molecule has 1 saturated heterocycles. The number of rotatable bonds is 6. The summed E-state index contributed by atoms with van der Waals surface area (Å²) in [6.45, 7) is 3.19. The minimum atomic E-state index is 0.0430. The quantitative estimate of drug-likeness (QED) is 0.607. The van der Waals surface area contributed by atoms with Crippen LogP contribution in [0.4, 0.5) is 0 Å². The van der Waals surface area contributed by atoms with Crippen LogP contribution in [0.2, 0.25) is 0 Å². The van der Waals surface area contributed by atoms with Gasteiger partial charge in [0.1, 0.15) is 0 Å². The molecule has 0 radical (unpaired) electrons. The molecule has 0 spiro atoms. The molecule has 0 aromatic carbocycles. The molecule has 0 saturated carbocycles. The number of carbonyl (C=O) groups excluding carboxylic acids is 1. The highest BCUT2D eigenvalue weighted by Crippen LogP contribution is 2.10.